The Hall–Kier alpha value is -1.79. The number of amides is 1. The summed E-state index contributed by atoms with van der Waals surface area (Å²) < 4.78 is 11.0. The van der Waals surface area contributed by atoms with Crippen LogP contribution < -0.4 is 9.47 Å². The van der Waals surface area contributed by atoms with Gasteiger partial charge in [0.2, 0.25) is 5.91 Å². The third-order valence-electron chi connectivity index (χ3n) is 4.54. The molecule has 1 N–H and O–H groups in total. The van der Waals surface area contributed by atoms with Crippen LogP contribution in [0.4, 0.5) is 0 Å². The normalized spacial score (nSPS) is 25.3. The second kappa shape index (κ2) is 6.14. The van der Waals surface area contributed by atoms with Gasteiger partial charge >= 0.3 is 0 Å². The molecule has 0 aromatic heterocycles. The van der Waals surface area contributed by atoms with Crippen molar-refractivity contribution in [3.63, 3.8) is 0 Å². The first-order chi connectivity index (χ1) is 10.6. The first kappa shape index (κ1) is 15.1. The Bertz CT molecular complexity index is 555. The topological polar surface area (TPSA) is 62.2 Å². The summed E-state index contributed by atoms with van der Waals surface area (Å²) in [6.45, 7) is 4.96. The number of ether oxygens (including phenoxy) is 2. The Morgan fingerprint density at radius 1 is 1.32 bits per heavy atom. The molecule has 0 aliphatic carbocycles. The maximum Gasteiger partial charge on any atom is 0.219 e. The van der Waals surface area contributed by atoms with E-state index in [0.29, 0.717) is 31.2 Å². The molecule has 6 heteroatoms. The fraction of sp³-hybridized carbons (Fsp3) is 0.562. The SMILES string of the molecule is COc1ccc2c(c1)C(O)C(N1CCN(C(C)=O)CC1)CO2. The van der Waals surface area contributed by atoms with E-state index in [1.54, 1.807) is 14.0 Å². The molecular weight excluding hydrogens is 284 g/mol. The molecule has 0 radical (unpaired) electrons. The minimum Gasteiger partial charge on any atom is -0.497 e. The van der Waals surface area contributed by atoms with E-state index in [1.165, 1.54) is 0 Å². The molecule has 1 fully saturated rings. The van der Waals surface area contributed by atoms with Crippen molar-refractivity contribution in [1.82, 2.24) is 9.80 Å². The number of piperazine rings is 1. The van der Waals surface area contributed by atoms with Gasteiger partial charge in [-0.2, -0.15) is 0 Å². The smallest absolute Gasteiger partial charge is 0.219 e. The van der Waals surface area contributed by atoms with Crippen LogP contribution in [0, 0.1) is 0 Å². The van der Waals surface area contributed by atoms with Gasteiger partial charge in [0.1, 0.15) is 24.2 Å². The van der Waals surface area contributed by atoms with Gasteiger partial charge in [0.25, 0.3) is 0 Å². The van der Waals surface area contributed by atoms with Gasteiger partial charge in [-0.3, -0.25) is 9.69 Å². The van der Waals surface area contributed by atoms with Crippen molar-refractivity contribution < 1.29 is 19.4 Å². The monoisotopic (exact) mass is 306 g/mol. The summed E-state index contributed by atoms with van der Waals surface area (Å²) in [5.74, 6) is 1.53. The van der Waals surface area contributed by atoms with Gasteiger partial charge < -0.3 is 19.5 Å². The second-order valence-electron chi connectivity index (χ2n) is 5.77. The van der Waals surface area contributed by atoms with Gasteiger partial charge in [0.05, 0.1) is 13.2 Å². The number of nitrogens with zero attached hydrogens (tertiary/aromatic N) is 2. The minimum atomic E-state index is -0.609. The maximum absolute atomic E-state index is 11.4. The number of carbonyl (C=O) groups excluding carboxylic acids is 1. The van der Waals surface area contributed by atoms with E-state index in [2.05, 4.69) is 4.90 Å². The molecule has 3 rings (SSSR count). The molecular formula is C16H22N2O4. The van der Waals surface area contributed by atoms with Crippen LogP contribution in [0.2, 0.25) is 0 Å². The standard InChI is InChI=1S/C16H22N2O4/c1-11(19)17-5-7-18(8-6-17)14-10-22-15-4-3-12(21-2)9-13(15)16(14)20/h3-4,9,14,16,20H,5-8,10H2,1-2H3. The Morgan fingerprint density at radius 2 is 2.05 bits per heavy atom. The molecule has 1 aromatic carbocycles. The second-order valence-corrected chi connectivity index (χ2v) is 5.77. The molecule has 0 spiro atoms. The Balaban J connectivity index is 1.73. The summed E-state index contributed by atoms with van der Waals surface area (Å²) in [4.78, 5) is 15.4. The van der Waals surface area contributed by atoms with Gasteiger partial charge in [-0.1, -0.05) is 0 Å². The molecule has 1 aromatic rings. The summed E-state index contributed by atoms with van der Waals surface area (Å²) in [7, 11) is 1.61. The number of methoxy groups -OCH3 is 1. The highest BCUT2D eigenvalue weighted by molar-refractivity contribution is 5.73. The fourth-order valence-electron chi connectivity index (χ4n) is 3.16. The number of rotatable bonds is 2. The Labute approximate surface area is 130 Å². The van der Waals surface area contributed by atoms with Crippen LogP contribution in [-0.4, -0.2) is 66.8 Å². The Kier molecular flexibility index (Phi) is 4.22. The largest absolute Gasteiger partial charge is 0.497 e. The molecule has 6 nitrogen and oxygen atoms in total. The van der Waals surface area contributed by atoms with Gasteiger partial charge in [0.15, 0.2) is 0 Å². The molecule has 2 aliphatic heterocycles. The molecule has 2 atom stereocenters. The van der Waals surface area contributed by atoms with Crippen LogP contribution >= 0.6 is 0 Å². The quantitative estimate of drug-likeness (QED) is 0.869. The molecule has 0 bridgehead atoms. The highest BCUT2D eigenvalue weighted by Crippen LogP contribution is 2.36. The molecule has 0 saturated carbocycles. The van der Waals surface area contributed by atoms with E-state index in [4.69, 9.17) is 9.47 Å². The number of fused-ring (bicyclic) bond motifs is 1. The van der Waals surface area contributed by atoms with Crippen LogP contribution in [0.3, 0.4) is 0 Å². The third-order valence-corrected chi connectivity index (χ3v) is 4.54. The number of hydrogen-bond donors (Lipinski definition) is 1. The van der Waals surface area contributed by atoms with Crippen molar-refractivity contribution in [3.05, 3.63) is 23.8 Å². The van der Waals surface area contributed by atoms with Crippen molar-refractivity contribution in [2.24, 2.45) is 0 Å². The van der Waals surface area contributed by atoms with Crippen LogP contribution in [0.15, 0.2) is 18.2 Å². The van der Waals surface area contributed by atoms with Crippen LogP contribution in [0.25, 0.3) is 0 Å². The van der Waals surface area contributed by atoms with E-state index in [0.717, 1.165) is 18.7 Å². The Morgan fingerprint density at radius 3 is 2.68 bits per heavy atom. The zero-order valence-electron chi connectivity index (χ0n) is 13.0. The molecule has 22 heavy (non-hydrogen) atoms. The summed E-state index contributed by atoms with van der Waals surface area (Å²) in [6.07, 6.45) is -0.609. The predicted molar refractivity (Wildman–Crippen MR) is 81.1 cm³/mol. The van der Waals surface area contributed by atoms with E-state index in [9.17, 15) is 9.90 Å². The lowest BCUT2D eigenvalue weighted by Crippen LogP contribution is -2.55. The van der Waals surface area contributed by atoms with E-state index < -0.39 is 6.10 Å². The zero-order chi connectivity index (χ0) is 15.7. The highest BCUT2D eigenvalue weighted by Gasteiger charge is 2.35. The van der Waals surface area contributed by atoms with Crippen LogP contribution in [0.5, 0.6) is 11.5 Å². The number of aliphatic hydroxyl groups excluding tert-OH is 1. The van der Waals surface area contributed by atoms with Crippen LogP contribution in [0.1, 0.15) is 18.6 Å². The van der Waals surface area contributed by atoms with Gasteiger partial charge in [0, 0.05) is 38.7 Å². The lowest BCUT2D eigenvalue weighted by Gasteiger charge is -2.42. The summed E-state index contributed by atoms with van der Waals surface area (Å²) in [6, 6.07) is 5.41. The average Bonchev–Trinajstić information content (AvgIpc) is 2.55. The molecule has 120 valence electrons. The van der Waals surface area contributed by atoms with Gasteiger partial charge in [-0.15, -0.1) is 0 Å². The van der Waals surface area contributed by atoms with Crippen molar-refractivity contribution in [2.75, 3.05) is 39.9 Å². The third kappa shape index (κ3) is 2.76. The van der Waals surface area contributed by atoms with Crippen molar-refractivity contribution >= 4 is 5.91 Å². The highest BCUT2D eigenvalue weighted by atomic mass is 16.5. The predicted octanol–water partition coefficient (Wildman–Crippen LogP) is 0.654. The molecule has 1 amide bonds. The average molecular weight is 306 g/mol. The van der Waals surface area contributed by atoms with E-state index in [1.807, 2.05) is 23.1 Å². The summed E-state index contributed by atoms with van der Waals surface area (Å²) in [5, 5.41) is 10.7. The number of hydrogen-bond acceptors (Lipinski definition) is 5. The lowest BCUT2D eigenvalue weighted by atomic mass is 9.97. The minimum absolute atomic E-state index is 0.0892. The molecule has 2 unspecified atom stereocenters. The number of carbonyl (C=O) groups is 1. The van der Waals surface area contributed by atoms with Crippen molar-refractivity contribution in [1.29, 1.82) is 0 Å². The fourth-order valence-corrected chi connectivity index (χ4v) is 3.16. The molecule has 2 aliphatic rings. The molecule has 2 heterocycles. The van der Waals surface area contributed by atoms with Gasteiger partial charge in [-0.05, 0) is 18.2 Å². The maximum atomic E-state index is 11.4. The first-order valence-electron chi connectivity index (χ1n) is 7.58. The van der Waals surface area contributed by atoms with Crippen molar-refractivity contribution in [3.8, 4) is 11.5 Å². The first-order valence-corrected chi connectivity index (χ1v) is 7.58. The lowest BCUT2D eigenvalue weighted by molar-refractivity contribution is -0.131. The zero-order valence-corrected chi connectivity index (χ0v) is 13.0. The van der Waals surface area contributed by atoms with E-state index in [-0.39, 0.29) is 11.9 Å². The number of benzene rings is 1. The van der Waals surface area contributed by atoms with Crippen molar-refractivity contribution in [2.45, 2.75) is 19.1 Å². The van der Waals surface area contributed by atoms with Crippen LogP contribution in [-0.2, 0) is 4.79 Å². The summed E-state index contributed by atoms with van der Waals surface area (Å²) >= 11 is 0. The van der Waals surface area contributed by atoms with E-state index >= 15 is 0 Å². The number of aliphatic hydroxyl groups is 1. The van der Waals surface area contributed by atoms with Gasteiger partial charge in [-0.25, -0.2) is 0 Å². The summed E-state index contributed by atoms with van der Waals surface area (Å²) in [5.41, 5.74) is 0.768. The molecule has 1 saturated heterocycles.